The molecule has 4 nitrogen and oxygen atoms in total. The second-order valence-corrected chi connectivity index (χ2v) is 8.24. The van der Waals surface area contributed by atoms with E-state index in [2.05, 4.69) is 5.32 Å². The molecule has 1 heterocycles. The molecule has 0 aliphatic carbocycles. The predicted molar refractivity (Wildman–Crippen MR) is 89.5 cm³/mol. The summed E-state index contributed by atoms with van der Waals surface area (Å²) in [6, 6.07) is 9.87. The number of rotatable bonds is 5. The molecule has 0 unspecified atom stereocenters. The SMILES string of the molecule is CC(=C(NC=O)S(=O)(=O)c1ccc(C)cc1)c1ccc(Cl)s1. The van der Waals surface area contributed by atoms with Crippen molar-refractivity contribution in [1.29, 1.82) is 0 Å². The summed E-state index contributed by atoms with van der Waals surface area (Å²) < 4.78 is 26.0. The van der Waals surface area contributed by atoms with Gasteiger partial charge < -0.3 is 5.32 Å². The first-order valence-corrected chi connectivity index (χ1v) is 9.02. The van der Waals surface area contributed by atoms with E-state index >= 15 is 0 Å². The third kappa shape index (κ3) is 3.40. The number of amides is 1. The van der Waals surface area contributed by atoms with Crippen molar-refractivity contribution in [3.63, 3.8) is 0 Å². The fraction of sp³-hybridized carbons (Fsp3) is 0.133. The lowest BCUT2D eigenvalue weighted by molar-refractivity contribution is -0.108. The fourth-order valence-electron chi connectivity index (χ4n) is 1.90. The Morgan fingerprint density at radius 3 is 2.32 bits per heavy atom. The van der Waals surface area contributed by atoms with Crippen LogP contribution in [0.5, 0.6) is 0 Å². The number of sulfone groups is 1. The number of nitrogens with one attached hydrogen (secondary N) is 1. The van der Waals surface area contributed by atoms with Crippen LogP contribution in [0, 0.1) is 6.92 Å². The molecule has 22 heavy (non-hydrogen) atoms. The maximum Gasteiger partial charge on any atom is 0.222 e. The van der Waals surface area contributed by atoms with Crippen LogP contribution in [0.4, 0.5) is 0 Å². The van der Waals surface area contributed by atoms with Crippen LogP contribution in [-0.4, -0.2) is 14.8 Å². The van der Waals surface area contributed by atoms with E-state index in [1.807, 2.05) is 6.92 Å². The Morgan fingerprint density at radius 1 is 1.18 bits per heavy atom. The largest absolute Gasteiger partial charge is 0.319 e. The zero-order chi connectivity index (χ0) is 16.3. The molecule has 0 fully saturated rings. The lowest BCUT2D eigenvalue weighted by atomic mass is 10.2. The van der Waals surface area contributed by atoms with Crippen LogP contribution < -0.4 is 5.32 Å². The van der Waals surface area contributed by atoms with Gasteiger partial charge in [-0.2, -0.15) is 0 Å². The molecule has 0 saturated carbocycles. The van der Waals surface area contributed by atoms with Crippen LogP contribution in [0.15, 0.2) is 46.3 Å². The van der Waals surface area contributed by atoms with Gasteiger partial charge in [0, 0.05) is 10.5 Å². The zero-order valence-corrected chi connectivity index (χ0v) is 14.3. The predicted octanol–water partition coefficient (Wildman–Crippen LogP) is 3.62. The summed E-state index contributed by atoms with van der Waals surface area (Å²) >= 11 is 7.14. The summed E-state index contributed by atoms with van der Waals surface area (Å²) in [7, 11) is -3.82. The molecule has 2 rings (SSSR count). The Labute approximate surface area is 138 Å². The third-order valence-electron chi connectivity index (χ3n) is 3.07. The standard InChI is InChI=1S/C15H14ClNO3S2/c1-10-3-5-12(6-4-10)22(19,20)15(17-9-18)11(2)13-7-8-14(16)21-13/h3-9H,1-2H3,(H,17,18). The number of hydrogen-bond donors (Lipinski definition) is 1. The molecule has 0 saturated heterocycles. The number of thiophene rings is 1. The van der Waals surface area contributed by atoms with E-state index in [9.17, 15) is 13.2 Å². The van der Waals surface area contributed by atoms with Gasteiger partial charge in [-0.1, -0.05) is 29.3 Å². The van der Waals surface area contributed by atoms with Crippen molar-refractivity contribution in [3.8, 4) is 0 Å². The third-order valence-corrected chi connectivity index (χ3v) is 6.28. The second kappa shape index (κ2) is 6.64. The second-order valence-electron chi connectivity index (χ2n) is 4.64. The fourth-order valence-corrected chi connectivity index (χ4v) is 4.46. The molecule has 2 aromatic rings. The highest BCUT2D eigenvalue weighted by molar-refractivity contribution is 7.95. The first kappa shape index (κ1) is 16.7. The van der Waals surface area contributed by atoms with Gasteiger partial charge >= 0.3 is 0 Å². The van der Waals surface area contributed by atoms with Gasteiger partial charge in [-0.3, -0.25) is 4.79 Å². The monoisotopic (exact) mass is 355 g/mol. The topological polar surface area (TPSA) is 63.2 Å². The minimum atomic E-state index is -3.82. The van der Waals surface area contributed by atoms with Crippen molar-refractivity contribution in [2.45, 2.75) is 18.7 Å². The van der Waals surface area contributed by atoms with Crippen LogP contribution in [0.3, 0.4) is 0 Å². The first-order chi connectivity index (χ1) is 10.4. The summed E-state index contributed by atoms with van der Waals surface area (Å²) in [5, 5.41) is 2.18. The van der Waals surface area contributed by atoms with Crippen molar-refractivity contribution in [1.82, 2.24) is 5.32 Å². The Kier molecular flexibility index (Phi) is 5.05. The Bertz CT molecular complexity index is 821. The Balaban J connectivity index is 2.60. The number of halogens is 1. The Morgan fingerprint density at radius 2 is 1.82 bits per heavy atom. The molecule has 0 atom stereocenters. The molecule has 1 aromatic heterocycles. The van der Waals surface area contributed by atoms with Gasteiger partial charge in [-0.05, 0) is 38.1 Å². The van der Waals surface area contributed by atoms with Gasteiger partial charge in [-0.25, -0.2) is 8.42 Å². The summed E-state index contributed by atoms with van der Waals surface area (Å²) in [5.74, 6) is 0. The van der Waals surface area contributed by atoms with E-state index in [1.165, 1.54) is 23.5 Å². The van der Waals surface area contributed by atoms with E-state index in [-0.39, 0.29) is 9.92 Å². The molecule has 0 radical (unpaired) electrons. The smallest absolute Gasteiger partial charge is 0.222 e. The van der Waals surface area contributed by atoms with Crippen LogP contribution >= 0.6 is 22.9 Å². The molecular formula is C15H14ClNO3S2. The van der Waals surface area contributed by atoms with Crippen LogP contribution in [0.2, 0.25) is 4.34 Å². The van der Waals surface area contributed by atoms with E-state index in [4.69, 9.17) is 11.6 Å². The number of hydrogen-bond acceptors (Lipinski definition) is 4. The lowest BCUT2D eigenvalue weighted by Gasteiger charge is -2.11. The van der Waals surface area contributed by atoms with Gasteiger partial charge in [0.2, 0.25) is 16.2 Å². The van der Waals surface area contributed by atoms with E-state index in [1.54, 1.807) is 31.2 Å². The maximum atomic E-state index is 12.7. The number of carbonyl (C=O) groups is 1. The van der Waals surface area contributed by atoms with E-state index < -0.39 is 9.84 Å². The molecule has 1 amide bonds. The van der Waals surface area contributed by atoms with Crippen LogP contribution in [0.25, 0.3) is 5.57 Å². The van der Waals surface area contributed by atoms with Gasteiger partial charge in [-0.15, -0.1) is 11.3 Å². The molecule has 0 aliphatic heterocycles. The molecular weight excluding hydrogens is 342 g/mol. The summed E-state index contributed by atoms with van der Waals surface area (Å²) in [4.78, 5) is 11.7. The summed E-state index contributed by atoms with van der Waals surface area (Å²) in [5.41, 5.74) is 1.40. The minimum absolute atomic E-state index is 0.129. The molecule has 1 N–H and O–H groups in total. The number of benzene rings is 1. The highest BCUT2D eigenvalue weighted by Gasteiger charge is 2.24. The summed E-state index contributed by atoms with van der Waals surface area (Å²) in [6.45, 7) is 3.51. The highest BCUT2D eigenvalue weighted by atomic mass is 35.5. The molecule has 116 valence electrons. The number of carbonyl (C=O) groups excluding carboxylic acids is 1. The average molecular weight is 356 g/mol. The van der Waals surface area contributed by atoms with E-state index in [0.717, 1.165) is 5.56 Å². The van der Waals surface area contributed by atoms with Gasteiger partial charge in [0.15, 0.2) is 0 Å². The lowest BCUT2D eigenvalue weighted by Crippen LogP contribution is -2.21. The highest BCUT2D eigenvalue weighted by Crippen LogP contribution is 2.31. The van der Waals surface area contributed by atoms with Crippen LogP contribution in [-0.2, 0) is 14.6 Å². The van der Waals surface area contributed by atoms with E-state index in [0.29, 0.717) is 21.2 Å². The average Bonchev–Trinajstić information content (AvgIpc) is 2.91. The Hall–Kier alpha value is -1.63. The molecule has 0 bridgehead atoms. The quantitative estimate of drug-likeness (QED) is 0.833. The van der Waals surface area contributed by atoms with Gasteiger partial charge in [0.1, 0.15) is 5.03 Å². The van der Waals surface area contributed by atoms with Crippen molar-refractivity contribution in [2.75, 3.05) is 0 Å². The van der Waals surface area contributed by atoms with Gasteiger partial charge in [0.25, 0.3) is 0 Å². The van der Waals surface area contributed by atoms with Crippen molar-refractivity contribution >= 4 is 44.8 Å². The maximum absolute atomic E-state index is 12.7. The zero-order valence-electron chi connectivity index (χ0n) is 12.0. The first-order valence-electron chi connectivity index (χ1n) is 6.35. The molecule has 0 spiro atoms. The molecule has 0 aliphatic rings. The van der Waals surface area contributed by atoms with Crippen molar-refractivity contribution in [3.05, 3.63) is 56.2 Å². The number of allylic oxidation sites excluding steroid dienone is 1. The van der Waals surface area contributed by atoms with Gasteiger partial charge in [0.05, 0.1) is 9.23 Å². The minimum Gasteiger partial charge on any atom is -0.319 e. The van der Waals surface area contributed by atoms with Crippen molar-refractivity contribution < 1.29 is 13.2 Å². The van der Waals surface area contributed by atoms with Crippen molar-refractivity contribution in [2.24, 2.45) is 0 Å². The number of aryl methyl sites for hydroxylation is 1. The normalized spacial score (nSPS) is 12.7. The molecule has 7 heteroatoms. The molecule has 1 aromatic carbocycles. The van der Waals surface area contributed by atoms with Crippen LogP contribution in [0.1, 0.15) is 17.4 Å². The summed E-state index contributed by atoms with van der Waals surface area (Å²) in [6.07, 6.45) is 0.361.